The Morgan fingerprint density at radius 1 is 0.600 bits per heavy atom. The smallest absolute Gasteiger partial charge is 0.169 e. The Morgan fingerprint density at radius 2 is 1.03 bits per heavy atom. The van der Waals surface area contributed by atoms with E-state index in [4.69, 9.17) is 0 Å². The van der Waals surface area contributed by atoms with E-state index >= 15 is 0 Å². The van der Waals surface area contributed by atoms with Gasteiger partial charge in [0, 0.05) is 37.1 Å². The fraction of sp³-hybridized carbons (Fsp3) is 0.500. The Morgan fingerprint density at radius 3 is 1.40 bits per heavy atom. The molecule has 0 unspecified atom stereocenters. The van der Waals surface area contributed by atoms with Crippen molar-refractivity contribution in [3.63, 3.8) is 0 Å². The summed E-state index contributed by atoms with van der Waals surface area (Å²) in [6.45, 7) is 2.25. The molecule has 2 aromatic rings. The van der Waals surface area contributed by atoms with Crippen molar-refractivity contribution < 1.29 is 9.13 Å². The summed E-state index contributed by atoms with van der Waals surface area (Å²) in [5, 5.41) is 0. The van der Waals surface area contributed by atoms with E-state index in [1.165, 1.54) is 75.3 Å². The maximum atomic E-state index is 2.42. The average Bonchev–Trinajstić information content (AvgIpc) is 3.50. The van der Waals surface area contributed by atoms with Gasteiger partial charge in [-0.15, -0.1) is 0 Å². The molecule has 30 heavy (non-hydrogen) atoms. The highest BCUT2D eigenvalue weighted by Gasteiger charge is 2.11. The second kappa shape index (κ2) is 11.2. The van der Waals surface area contributed by atoms with Gasteiger partial charge in [0.25, 0.3) is 0 Å². The summed E-state index contributed by atoms with van der Waals surface area (Å²) in [6, 6.07) is 9.03. The van der Waals surface area contributed by atoms with Crippen LogP contribution in [0.1, 0.15) is 64.2 Å². The number of allylic oxidation sites excluding steroid dienone is 4. The lowest BCUT2D eigenvalue weighted by Crippen LogP contribution is -2.33. The van der Waals surface area contributed by atoms with E-state index < -0.39 is 0 Å². The average molecular weight is 403 g/mol. The van der Waals surface area contributed by atoms with Crippen LogP contribution in [-0.4, -0.2) is 0 Å². The Kier molecular flexibility index (Phi) is 7.88. The molecule has 0 radical (unpaired) electrons. The minimum atomic E-state index is 0.850. The molecule has 4 rings (SSSR count). The van der Waals surface area contributed by atoms with Crippen LogP contribution in [0.5, 0.6) is 0 Å². The van der Waals surface area contributed by atoms with E-state index in [1.807, 2.05) is 0 Å². The Labute approximate surface area is 183 Å². The molecule has 0 fully saturated rings. The van der Waals surface area contributed by atoms with Gasteiger partial charge < -0.3 is 0 Å². The molecule has 0 aromatic carbocycles. The molecule has 0 N–H and O–H groups in total. The highest BCUT2D eigenvalue weighted by atomic mass is 14.9. The van der Waals surface area contributed by atoms with Gasteiger partial charge in [0.05, 0.1) is 0 Å². The lowest BCUT2D eigenvalue weighted by atomic mass is 10.0. The van der Waals surface area contributed by atoms with E-state index in [0.29, 0.717) is 0 Å². The van der Waals surface area contributed by atoms with Crippen LogP contribution >= 0.6 is 0 Å². The lowest BCUT2D eigenvalue weighted by Gasteiger charge is -2.06. The maximum Gasteiger partial charge on any atom is 0.169 e. The fourth-order valence-electron chi connectivity index (χ4n) is 4.87. The quantitative estimate of drug-likeness (QED) is 0.240. The Balaban J connectivity index is 1.17. The first-order valence-electron chi connectivity index (χ1n) is 12.2. The van der Waals surface area contributed by atoms with E-state index in [-0.39, 0.29) is 0 Å². The number of pyridine rings is 2. The van der Waals surface area contributed by atoms with Gasteiger partial charge in [-0.2, -0.15) is 0 Å². The first kappa shape index (κ1) is 21.0. The number of rotatable bonds is 11. The van der Waals surface area contributed by atoms with Gasteiger partial charge in [0.2, 0.25) is 0 Å². The van der Waals surface area contributed by atoms with Crippen LogP contribution < -0.4 is 9.13 Å². The van der Waals surface area contributed by atoms with Crippen molar-refractivity contribution in [2.75, 3.05) is 0 Å². The number of hydrogen-bond donors (Lipinski definition) is 0. The van der Waals surface area contributed by atoms with E-state index in [0.717, 1.165) is 24.9 Å². The number of aromatic nitrogens is 2. The summed E-state index contributed by atoms with van der Waals surface area (Å²) in [5.41, 5.74) is 2.62. The fourth-order valence-corrected chi connectivity index (χ4v) is 4.87. The number of unbranched alkanes of at least 4 members (excludes halogenated alkanes) is 2. The molecular weight excluding hydrogens is 364 g/mol. The lowest BCUT2D eigenvalue weighted by molar-refractivity contribution is -0.697. The molecule has 2 aliphatic carbocycles. The molecular formula is C28H38N2+2. The summed E-state index contributed by atoms with van der Waals surface area (Å²) in [5.74, 6) is 1.70. The van der Waals surface area contributed by atoms with Crippen LogP contribution in [0.2, 0.25) is 0 Å². The van der Waals surface area contributed by atoms with Crippen LogP contribution in [0.25, 0.3) is 11.1 Å². The van der Waals surface area contributed by atoms with Crippen molar-refractivity contribution in [2.24, 2.45) is 11.8 Å². The van der Waals surface area contributed by atoms with Crippen LogP contribution in [0.15, 0.2) is 73.4 Å². The first-order chi connectivity index (χ1) is 14.9. The summed E-state index contributed by atoms with van der Waals surface area (Å²) in [6.07, 6.45) is 31.7. The minimum absolute atomic E-state index is 0.850. The third kappa shape index (κ3) is 6.39. The number of hydrogen-bond acceptors (Lipinski definition) is 0. The first-order valence-corrected chi connectivity index (χ1v) is 12.2. The van der Waals surface area contributed by atoms with Gasteiger partial charge in [-0.1, -0.05) is 24.3 Å². The standard InChI is InChI=1S/C28H38N2/c1-2-10-25(9-1)13-5-7-19-29-21-15-27(16-22-29)28-17-23-30(24-18-28)20-8-6-14-26-11-3-4-12-26/h1,3,9,11,15-18,21-26H,2,4-8,10,12-14,19-20H2/q+2/t25-,26+. The van der Waals surface area contributed by atoms with Crippen molar-refractivity contribution in [1.29, 1.82) is 0 Å². The molecule has 0 bridgehead atoms. The van der Waals surface area contributed by atoms with Gasteiger partial charge in [-0.05, 0) is 74.3 Å². The van der Waals surface area contributed by atoms with Gasteiger partial charge >= 0.3 is 0 Å². The third-order valence-corrected chi connectivity index (χ3v) is 6.82. The van der Waals surface area contributed by atoms with Crippen molar-refractivity contribution >= 4 is 0 Å². The van der Waals surface area contributed by atoms with Crippen molar-refractivity contribution in [1.82, 2.24) is 0 Å². The second-order valence-corrected chi connectivity index (χ2v) is 9.17. The molecule has 0 amide bonds. The maximum absolute atomic E-state index is 2.42. The molecule has 0 saturated carbocycles. The molecule has 0 spiro atoms. The zero-order chi connectivity index (χ0) is 20.4. The molecule has 2 aliphatic rings. The summed E-state index contributed by atoms with van der Waals surface area (Å²) in [4.78, 5) is 0. The highest BCUT2D eigenvalue weighted by Crippen LogP contribution is 2.23. The molecule has 2 heterocycles. The van der Waals surface area contributed by atoms with Gasteiger partial charge in [-0.25, -0.2) is 9.13 Å². The molecule has 2 nitrogen and oxygen atoms in total. The van der Waals surface area contributed by atoms with E-state index in [2.05, 4.69) is 82.5 Å². The zero-order valence-corrected chi connectivity index (χ0v) is 18.5. The number of aryl methyl sites for hydroxylation is 2. The van der Waals surface area contributed by atoms with Gasteiger partial charge in [-0.3, -0.25) is 0 Å². The predicted molar refractivity (Wildman–Crippen MR) is 124 cm³/mol. The summed E-state index contributed by atoms with van der Waals surface area (Å²) in [7, 11) is 0. The monoisotopic (exact) mass is 402 g/mol. The van der Waals surface area contributed by atoms with Crippen LogP contribution in [0.4, 0.5) is 0 Å². The van der Waals surface area contributed by atoms with Crippen molar-refractivity contribution in [3.05, 3.63) is 73.4 Å². The van der Waals surface area contributed by atoms with Crippen molar-refractivity contribution in [2.45, 2.75) is 77.3 Å². The zero-order valence-electron chi connectivity index (χ0n) is 18.5. The molecule has 158 valence electrons. The molecule has 2 atom stereocenters. The Hall–Kier alpha value is -2.22. The van der Waals surface area contributed by atoms with Crippen molar-refractivity contribution in [3.8, 4) is 11.1 Å². The third-order valence-electron chi connectivity index (χ3n) is 6.82. The largest absolute Gasteiger partial charge is 0.205 e. The summed E-state index contributed by atoms with van der Waals surface area (Å²) >= 11 is 0. The molecule has 2 aromatic heterocycles. The van der Waals surface area contributed by atoms with Gasteiger partial charge in [0.15, 0.2) is 24.8 Å². The second-order valence-electron chi connectivity index (χ2n) is 9.17. The minimum Gasteiger partial charge on any atom is -0.205 e. The highest BCUT2D eigenvalue weighted by molar-refractivity contribution is 5.60. The molecule has 0 saturated heterocycles. The topological polar surface area (TPSA) is 7.76 Å². The number of nitrogens with zero attached hydrogens (tertiary/aromatic N) is 2. The predicted octanol–water partition coefficient (Wildman–Crippen LogP) is 6.20. The molecule has 2 heteroatoms. The van der Waals surface area contributed by atoms with E-state index in [9.17, 15) is 0 Å². The van der Waals surface area contributed by atoms with E-state index in [1.54, 1.807) is 0 Å². The molecule has 0 aliphatic heterocycles. The normalized spacial score (nSPS) is 20.3. The summed E-state index contributed by atoms with van der Waals surface area (Å²) < 4.78 is 4.66. The van der Waals surface area contributed by atoms with Crippen LogP contribution in [0, 0.1) is 11.8 Å². The van der Waals surface area contributed by atoms with Crippen LogP contribution in [-0.2, 0) is 13.1 Å². The van der Waals surface area contributed by atoms with Crippen LogP contribution in [0.3, 0.4) is 0 Å². The van der Waals surface area contributed by atoms with Gasteiger partial charge in [0.1, 0.15) is 13.1 Å². The SMILES string of the molecule is C1=C[C@@H](CCCC[n+]2ccc(-c3cc[n+](CCCC[C@H]4C=CCC4)cc3)cc2)CC1. The Bertz CT molecular complexity index is 745.